The van der Waals surface area contributed by atoms with Gasteiger partial charge in [-0.05, 0) is 38.5 Å². The van der Waals surface area contributed by atoms with E-state index in [1.165, 1.54) is 122 Å². The summed E-state index contributed by atoms with van der Waals surface area (Å²) in [4.78, 5) is 23.0. The molecule has 212 valence electrons. The van der Waals surface area contributed by atoms with Crippen LogP contribution < -0.4 is 0 Å². The van der Waals surface area contributed by atoms with Crippen molar-refractivity contribution in [3.63, 3.8) is 0 Å². The molecule has 0 aromatic rings. The highest BCUT2D eigenvalue weighted by Crippen LogP contribution is 2.18. The summed E-state index contributed by atoms with van der Waals surface area (Å²) in [6, 6.07) is 0. The van der Waals surface area contributed by atoms with E-state index in [-0.39, 0.29) is 12.4 Å². The molecule has 0 radical (unpaired) electrons. The number of carbonyl (C=O) groups is 2. The van der Waals surface area contributed by atoms with E-state index >= 15 is 0 Å². The quantitative estimate of drug-likeness (QED) is 0.0648. The maximum absolute atomic E-state index is 12.0. The molecule has 0 aliphatic rings. The predicted octanol–water partition coefficient (Wildman–Crippen LogP) is 10.2. The fourth-order valence-electron chi connectivity index (χ4n) is 4.71. The van der Waals surface area contributed by atoms with E-state index in [0.717, 1.165) is 19.3 Å². The first-order chi connectivity index (χ1) is 17.6. The van der Waals surface area contributed by atoms with Crippen LogP contribution in [-0.4, -0.2) is 23.7 Å². The minimum absolute atomic E-state index is 0.112. The van der Waals surface area contributed by atoms with Crippen LogP contribution in [0.1, 0.15) is 168 Å². The Morgan fingerprint density at radius 2 is 1.03 bits per heavy atom. The average Bonchev–Trinajstić information content (AvgIpc) is 2.86. The van der Waals surface area contributed by atoms with Gasteiger partial charge in [0.1, 0.15) is 0 Å². The monoisotopic (exact) mass is 508 g/mol. The summed E-state index contributed by atoms with van der Waals surface area (Å²) < 4.78 is 5.15. The van der Waals surface area contributed by atoms with Gasteiger partial charge in [0.25, 0.3) is 0 Å². The molecule has 36 heavy (non-hydrogen) atoms. The van der Waals surface area contributed by atoms with Crippen LogP contribution in [0.5, 0.6) is 0 Å². The summed E-state index contributed by atoms with van der Waals surface area (Å²) in [5.74, 6) is -1.74. The fraction of sp³-hybridized carbons (Fsp3) is 0.875. The second-order valence-corrected chi connectivity index (χ2v) is 10.7. The summed E-state index contributed by atoms with van der Waals surface area (Å²) >= 11 is 0. The Morgan fingerprint density at radius 1 is 0.611 bits per heavy atom. The van der Waals surface area contributed by atoms with Crippen LogP contribution in [0.25, 0.3) is 0 Å². The van der Waals surface area contributed by atoms with Crippen LogP contribution in [0, 0.1) is 5.92 Å². The molecule has 0 bridgehead atoms. The zero-order valence-corrected chi connectivity index (χ0v) is 24.1. The lowest BCUT2D eigenvalue weighted by atomic mass is 9.97. The zero-order chi connectivity index (χ0) is 26.5. The number of rotatable bonds is 28. The largest absolute Gasteiger partial charge is 0.481 e. The third kappa shape index (κ3) is 25.8. The standard InChI is InChI=1S/C32H60O4/c1-3-5-6-7-8-9-10-11-12-13-14-15-16-17-18-19-20-21-22-23-24-25-26-27-30(29-31(33)34)32(35)36-28-4-2/h11-12,30H,3-10,13-29H2,1-2H3,(H,33,34)/b12-11+. The van der Waals surface area contributed by atoms with Crippen LogP contribution in [-0.2, 0) is 14.3 Å². The molecule has 0 heterocycles. The lowest BCUT2D eigenvalue weighted by Gasteiger charge is -2.13. The van der Waals surface area contributed by atoms with Gasteiger partial charge in [0.05, 0.1) is 18.9 Å². The van der Waals surface area contributed by atoms with Gasteiger partial charge in [0, 0.05) is 0 Å². The van der Waals surface area contributed by atoms with Gasteiger partial charge in [-0.25, -0.2) is 0 Å². The molecular formula is C32H60O4. The lowest BCUT2D eigenvalue weighted by molar-refractivity contribution is -0.153. The van der Waals surface area contributed by atoms with E-state index in [1.807, 2.05) is 6.92 Å². The van der Waals surface area contributed by atoms with Crippen molar-refractivity contribution in [2.45, 2.75) is 168 Å². The molecule has 1 unspecified atom stereocenters. The van der Waals surface area contributed by atoms with Gasteiger partial charge < -0.3 is 9.84 Å². The molecule has 0 rings (SSSR count). The fourth-order valence-corrected chi connectivity index (χ4v) is 4.71. The van der Waals surface area contributed by atoms with Gasteiger partial charge in [0.15, 0.2) is 0 Å². The van der Waals surface area contributed by atoms with Crippen LogP contribution >= 0.6 is 0 Å². The number of unbranched alkanes of at least 4 members (excludes halogenated alkanes) is 19. The van der Waals surface area contributed by atoms with E-state index in [9.17, 15) is 9.59 Å². The van der Waals surface area contributed by atoms with Crippen molar-refractivity contribution in [3.05, 3.63) is 12.2 Å². The normalized spacial score (nSPS) is 12.3. The first kappa shape index (κ1) is 34.7. The molecule has 4 heteroatoms. The maximum atomic E-state index is 12.0. The van der Waals surface area contributed by atoms with Crippen LogP contribution in [0.3, 0.4) is 0 Å². The molecule has 0 fully saturated rings. The molecule has 0 saturated carbocycles. The highest BCUT2D eigenvalue weighted by atomic mass is 16.5. The van der Waals surface area contributed by atoms with Crippen molar-refractivity contribution in [2.24, 2.45) is 5.92 Å². The van der Waals surface area contributed by atoms with Crippen molar-refractivity contribution in [2.75, 3.05) is 6.61 Å². The van der Waals surface area contributed by atoms with Gasteiger partial charge in [-0.1, -0.05) is 135 Å². The second kappa shape index (κ2) is 28.3. The summed E-state index contributed by atoms with van der Waals surface area (Å²) in [5.41, 5.74) is 0. The van der Waals surface area contributed by atoms with E-state index in [4.69, 9.17) is 9.84 Å². The molecule has 0 aliphatic carbocycles. The number of carboxylic acid groups (broad SMARTS) is 1. The maximum Gasteiger partial charge on any atom is 0.309 e. The number of esters is 1. The highest BCUT2D eigenvalue weighted by molar-refractivity contribution is 5.79. The summed E-state index contributed by atoms with van der Waals surface area (Å²) in [5, 5.41) is 9.03. The first-order valence-electron chi connectivity index (χ1n) is 15.6. The van der Waals surface area contributed by atoms with E-state index < -0.39 is 11.9 Å². The predicted molar refractivity (Wildman–Crippen MR) is 153 cm³/mol. The molecular weight excluding hydrogens is 448 g/mol. The van der Waals surface area contributed by atoms with Gasteiger partial charge in [-0.3, -0.25) is 9.59 Å². The Hall–Kier alpha value is -1.32. The summed E-state index contributed by atoms with van der Waals surface area (Å²) in [6.45, 7) is 4.60. The van der Waals surface area contributed by atoms with Crippen LogP contribution in [0.2, 0.25) is 0 Å². The van der Waals surface area contributed by atoms with Gasteiger partial charge in [0.2, 0.25) is 0 Å². The molecule has 0 aliphatic heterocycles. The third-order valence-corrected chi connectivity index (χ3v) is 7.02. The number of aliphatic carboxylic acids is 1. The Balaban J connectivity index is 3.39. The molecule has 0 spiro atoms. The molecule has 1 N–H and O–H groups in total. The van der Waals surface area contributed by atoms with Gasteiger partial charge >= 0.3 is 11.9 Å². The van der Waals surface area contributed by atoms with Crippen molar-refractivity contribution in [1.82, 2.24) is 0 Å². The highest BCUT2D eigenvalue weighted by Gasteiger charge is 2.22. The Bertz CT molecular complexity index is 514. The lowest BCUT2D eigenvalue weighted by Crippen LogP contribution is -2.21. The minimum atomic E-state index is -0.917. The number of hydrogen-bond acceptors (Lipinski definition) is 3. The summed E-state index contributed by atoms with van der Waals surface area (Å²) in [7, 11) is 0. The zero-order valence-electron chi connectivity index (χ0n) is 24.1. The Morgan fingerprint density at radius 3 is 1.44 bits per heavy atom. The molecule has 0 saturated heterocycles. The first-order valence-corrected chi connectivity index (χ1v) is 15.6. The Kier molecular flexibility index (Phi) is 27.2. The van der Waals surface area contributed by atoms with Gasteiger partial charge in [-0.2, -0.15) is 0 Å². The third-order valence-electron chi connectivity index (χ3n) is 7.02. The minimum Gasteiger partial charge on any atom is -0.481 e. The molecule has 0 aromatic heterocycles. The molecule has 0 aromatic carbocycles. The van der Waals surface area contributed by atoms with Crippen molar-refractivity contribution < 1.29 is 19.4 Å². The summed E-state index contributed by atoms with van der Waals surface area (Å²) in [6.07, 6.45) is 33.6. The number of ether oxygens (including phenoxy) is 1. The smallest absolute Gasteiger partial charge is 0.309 e. The van der Waals surface area contributed by atoms with Crippen molar-refractivity contribution in [1.29, 1.82) is 0 Å². The number of allylic oxidation sites excluding steroid dienone is 2. The van der Waals surface area contributed by atoms with E-state index in [0.29, 0.717) is 13.0 Å². The van der Waals surface area contributed by atoms with Gasteiger partial charge in [-0.15, -0.1) is 0 Å². The molecule has 1 atom stereocenters. The molecule has 0 amide bonds. The number of carboxylic acids is 1. The van der Waals surface area contributed by atoms with Crippen molar-refractivity contribution in [3.8, 4) is 0 Å². The Labute approximate surface area is 224 Å². The molecule has 4 nitrogen and oxygen atoms in total. The van der Waals surface area contributed by atoms with Crippen LogP contribution in [0.4, 0.5) is 0 Å². The second-order valence-electron chi connectivity index (χ2n) is 10.7. The van der Waals surface area contributed by atoms with E-state index in [1.54, 1.807) is 0 Å². The topological polar surface area (TPSA) is 63.6 Å². The number of hydrogen-bond donors (Lipinski definition) is 1. The van der Waals surface area contributed by atoms with Crippen molar-refractivity contribution >= 4 is 11.9 Å². The van der Waals surface area contributed by atoms with E-state index in [2.05, 4.69) is 19.1 Å². The SMILES string of the molecule is CCCCCCCC/C=C/CCCCCCCCCCCCCCCC(CC(=O)O)C(=O)OCCC. The van der Waals surface area contributed by atoms with Crippen LogP contribution in [0.15, 0.2) is 12.2 Å². The average molecular weight is 509 g/mol. The number of carbonyl (C=O) groups excluding carboxylic acids is 1.